The summed E-state index contributed by atoms with van der Waals surface area (Å²) in [5.74, 6) is 0.798. The molecule has 0 unspecified atom stereocenters. The first-order valence-corrected chi connectivity index (χ1v) is 9.11. The largest absolute Gasteiger partial charge is 0.143 e. The SMILES string of the molecule is BrCC(=Cc1csc2ccccc12)C1CCCCC1. The van der Waals surface area contributed by atoms with Crippen molar-refractivity contribution in [3.05, 3.63) is 40.8 Å². The van der Waals surface area contributed by atoms with Crippen LogP contribution < -0.4 is 0 Å². The third kappa shape index (κ3) is 2.95. The zero-order chi connectivity index (χ0) is 13.1. The molecule has 100 valence electrons. The minimum atomic E-state index is 0.798. The van der Waals surface area contributed by atoms with Gasteiger partial charge in [-0.25, -0.2) is 0 Å². The van der Waals surface area contributed by atoms with Crippen LogP contribution in [0.25, 0.3) is 16.2 Å². The lowest BCUT2D eigenvalue weighted by Crippen LogP contribution is -2.09. The zero-order valence-electron chi connectivity index (χ0n) is 11.1. The van der Waals surface area contributed by atoms with Gasteiger partial charge in [-0.05, 0) is 41.2 Å². The summed E-state index contributed by atoms with van der Waals surface area (Å²) in [6.07, 6.45) is 9.41. The van der Waals surface area contributed by atoms with E-state index in [1.165, 1.54) is 47.8 Å². The third-order valence-corrected chi connectivity index (χ3v) is 5.76. The van der Waals surface area contributed by atoms with Crippen molar-refractivity contribution in [3.8, 4) is 0 Å². The lowest BCUT2D eigenvalue weighted by molar-refractivity contribution is 0.405. The van der Waals surface area contributed by atoms with Gasteiger partial charge < -0.3 is 0 Å². The van der Waals surface area contributed by atoms with Gasteiger partial charge in [-0.3, -0.25) is 0 Å². The summed E-state index contributed by atoms with van der Waals surface area (Å²) >= 11 is 5.55. The van der Waals surface area contributed by atoms with Crippen LogP contribution in [0.5, 0.6) is 0 Å². The summed E-state index contributed by atoms with van der Waals surface area (Å²) in [6.45, 7) is 0. The number of fused-ring (bicyclic) bond motifs is 1. The summed E-state index contributed by atoms with van der Waals surface area (Å²) in [5, 5.41) is 4.72. The minimum absolute atomic E-state index is 0.798. The zero-order valence-corrected chi connectivity index (χ0v) is 13.5. The number of rotatable bonds is 3. The molecule has 0 radical (unpaired) electrons. The van der Waals surface area contributed by atoms with Crippen LogP contribution in [-0.2, 0) is 0 Å². The molecule has 0 bridgehead atoms. The quantitative estimate of drug-likeness (QED) is 0.581. The van der Waals surface area contributed by atoms with Crippen molar-refractivity contribution in [1.29, 1.82) is 0 Å². The van der Waals surface area contributed by atoms with E-state index in [1.54, 1.807) is 5.57 Å². The van der Waals surface area contributed by atoms with Crippen LogP contribution in [0.1, 0.15) is 37.7 Å². The second-order valence-corrected chi connectivity index (χ2v) is 6.85. The van der Waals surface area contributed by atoms with Crippen LogP contribution in [0.4, 0.5) is 0 Å². The number of benzene rings is 1. The fourth-order valence-electron chi connectivity index (χ4n) is 3.05. The normalized spacial score (nSPS) is 18.1. The summed E-state index contributed by atoms with van der Waals surface area (Å²) in [5.41, 5.74) is 2.99. The monoisotopic (exact) mass is 334 g/mol. The molecule has 1 saturated carbocycles. The van der Waals surface area contributed by atoms with Crippen molar-refractivity contribution in [2.45, 2.75) is 32.1 Å². The van der Waals surface area contributed by atoms with E-state index in [0.29, 0.717) is 0 Å². The fraction of sp³-hybridized carbons (Fsp3) is 0.412. The standard InChI is InChI=1S/C17H19BrS/c18-11-14(13-6-2-1-3-7-13)10-15-12-19-17-9-5-4-8-16(15)17/h4-5,8-10,12-13H,1-3,6-7,11H2. The van der Waals surface area contributed by atoms with Crippen LogP contribution in [0, 0.1) is 5.92 Å². The molecule has 0 spiro atoms. The van der Waals surface area contributed by atoms with Crippen molar-refractivity contribution in [2.75, 3.05) is 5.33 Å². The van der Waals surface area contributed by atoms with Gasteiger partial charge in [0, 0.05) is 10.0 Å². The van der Waals surface area contributed by atoms with Gasteiger partial charge in [-0.15, -0.1) is 11.3 Å². The minimum Gasteiger partial charge on any atom is -0.143 e. The molecule has 19 heavy (non-hydrogen) atoms. The molecular formula is C17H19BrS. The maximum Gasteiger partial charge on any atom is 0.0348 e. The smallest absolute Gasteiger partial charge is 0.0348 e. The summed E-state index contributed by atoms with van der Waals surface area (Å²) in [7, 11) is 0. The highest BCUT2D eigenvalue weighted by molar-refractivity contribution is 9.09. The van der Waals surface area contributed by atoms with E-state index in [0.717, 1.165) is 11.2 Å². The number of halogens is 1. The average molecular weight is 335 g/mol. The maximum atomic E-state index is 3.70. The highest BCUT2D eigenvalue weighted by atomic mass is 79.9. The molecule has 0 N–H and O–H groups in total. The molecule has 0 atom stereocenters. The van der Waals surface area contributed by atoms with Crippen molar-refractivity contribution in [3.63, 3.8) is 0 Å². The molecule has 2 aromatic rings. The Morgan fingerprint density at radius 1 is 1.21 bits per heavy atom. The number of thiophene rings is 1. The maximum absolute atomic E-state index is 3.70. The molecule has 1 aliphatic rings. The van der Waals surface area contributed by atoms with Crippen molar-refractivity contribution in [2.24, 2.45) is 5.92 Å². The van der Waals surface area contributed by atoms with Crippen LogP contribution in [-0.4, -0.2) is 5.33 Å². The van der Waals surface area contributed by atoms with Gasteiger partial charge in [0.05, 0.1) is 0 Å². The lowest BCUT2D eigenvalue weighted by Gasteiger charge is -2.23. The lowest BCUT2D eigenvalue weighted by atomic mass is 9.84. The average Bonchev–Trinajstić information content (AvgIpc) is 2.89. The number of alkyl halides is 1. The van der Waals surface area contributed by atoms with E-state index < -0.39 is 0 Å². The van der Waals surface area contributed by atoms with Crippen molar-refractivity contribution < 1.29 is 0 Å². The van der Waals surface area contributed by atoms with Gasteiger partial charge in [0.25, 0.3) is 0 Å². The molecule has 1 heterocycles. The Morgan fingerprint density at radius 2 is 2.00 bits per heavy atom. The Kier molecular flexibility index (Phi) is 4.39. The van der Waals surface area contributed by atoms with E-state index >= 15 is 0 Å². The molecule has 1 aliphatic carbocycles. The molecule has 0 saturated heterocycles. The Bertz CT molecular complexity index is 576. The predicted molar refractivity (Wildman–Crippen MR) is 90.2 cm³/mol. The highest BCUT2D eigenvalue weighted by Crippen LogP contribution is 2.34. The van der Waals surface area contributed by atoms with Crippen molar-refractivity contribution in [1.82, 2.24) is 0 Å². The van der Waals surface area contributed by atoms with Gasteiger partial charge in [0.2, 0.25) is 0 Å². The van der Waals surface area contributed by atoms with E-state index in [9.17, 15) is 0 Å². The molecule has 0 nitrogen and oxygen atoms in total. The molecule has 0 aliphatic heterocycles. The number of hydrogen-bond donors (Lipinski definition) is 0. The number of allylic oxidation sites excluding steroid dienone is 1. The highest BCUT2D eigenvalue weighted by Gasteiger charge is 2.17. The third-order valence-electron chi connectivity index (χ3n) is 4.14. The topological polar surface area (TPSA) is 0 Å². The van der Waals surface area contributed by atoms with Gasteiger partial charge in [0.15, 0.2) is 0 Å². The Labute approximate surface area is 127 Å². The number of hydrogen-bond acceptors (Lipinski definition) is 1. The van der Waals surface area contributed by atoms with Crippen LogP contribution in [0.3, 0.4) is 0 Å². The molecule has 1 aromatic carbocycles. The second kappa shape index (κ2) is 6.23. The Hall–Kier alpha value is -0.600. The van der Waals surface area contributed by atoms with Crippen LogP contribution >= 0.6 is 27.3 Å². The Balaban J connectivity index is 1.93. The Morgan fingerprint density at radius 3 is 2.79 bits per heavy atom. The van der Waals surface area contributed by atoms with Crippen LogP contribution in [0.2, 0.25) is 0 Å². The van der Waals surface area contributed by atoms with E-state index in [2.05, 4.69) is 51.7 Å². The first kappa shape index (κ1) is 13.4. The molecular weight excluding hydrogens is 316 g/mol. The van der Waals surface area contributed by atoms with Gasteiger partial charge in [0.1, 0.15) is 0 Å². The molecule has 2 heteroatoms. The van der Waals surface area contributed by atoms with E-state index in [1.807, 2.05) is 11.3 Å². The molecule has 0 amide bonds. The fourth-order valence-corrected chi connectivity index (χ4v) is 4.59. The predicted octanol–water partition coefficient (Wildman–Crippen LogP) is 6.26. The van der Waals surface area contributed by atoms with Gasteiger partial charge >= 0.3 is 0 Å². The summed E-state index contributed by atoms with van der Waals surface area (Å²) in [4.78, 5) is 0. The van der Waals surface area contributed by atoms with Crippen molar-refractivity contribution >= 4 is 43.4 Å². The molecule has 1 fully saturated rings. The van der Waals surface area contributed by atoms with Gasteiger partial charge in [-0.1, -0.05) is 65.0 Å². The van der Waals surface area contributed by atoms with Gasteiger partial charge in [-0.2, -0.15) is 0 Å². The van der Waals surface area contributed by atoms with E-state index in [4.69, 9.17) is 0 Å². The summed E-state index contributed by atoms with van der Waals surface area (Å²) < 4.78 is 1.39. The summed E-state index contributed by atoms with van der Waals surface area (Å²) in [6, 6.07) is 8.72. The van der Waals surface area contributed by atoms with Crippen LogP contribution in [0.15, 0.2) is 35.2 Å². The first-order chi connectivity index (χ1) is 9.38. The first-order valence-electron chi connectivity index (χ1n) is 7.11. The molecule has 1 aromatic heterocycles. The second-order valence-electron chi connectivity index (χ2n) is 5.38. The van der Waals surface area contributed by atoms with E-state index in [-0.39, 0.29) is 0 Å². The molecule has 3 rings (SSSR count).